The van der Waals surface area contributed by atoms with Crippen LogP contribution in [-0.2, 0) is 0 Å². The fourth-order valence-electron chi connectivity index (χ4n) is 2.26. The van der Waals surface area contributed by atoms with E-state index in [1.165, 1.54) is 31.5 Å². The summed E-state index contributed by atoms with van der Waals surface area (Å²) in [6, 6.07) is 0.760. The molecule has 1 aliphatic heterocycles. The van der Waals surface area contributed by atoms with Gasteiger partial charge in [0, 0.05) is 37.8 Å². The molecule has 0 bridgehead atoms. The fourth-order valence-corrected chi connectivity index (χ4v) is 2.33. The van der Waals surface area contributed by atoms with E-state index in [-0.39, 0.29) is 0 Å². The summed E-state index contributed by atoms with van der Waals surface area (Å²) in [6.07, 6.45) is 2.85. The molecule has 1 atom stereocenters. The van der Waals surface area contributed by atoms with Crippen molar-refractivity contribution in [1.29, 1.82) is 0 Å². The van der Waals surface area contributed by atoms with Crippen molar-refractivity contribution < 1.29 is 0 Å². The summed E-state index contributed by atoms with van der Waals surface area (Å²) in [6.45, 7) is 6.62. The zero-order valence-electron chi connectivity index (χ0n) is 8.80. The van der Waals surface area contributed by atoms with Crippen molar-refractivity contribution in [3.63, 3.8) is 0 Å². The molecule has 0 aromatic carbocycles. The Morgan fingerprint density at radius 3 is 3.00 bits per heavy atom. The molecule has 3 heteroatoms. The van der Waals surface area contributed by atoms with Gasteiger partial charge in [0.2, 0.25) is 0 Å². The maximum atomic E-state index is 5.71. The summed E-state index contributed by atoms with van der Waals surface area (Å²) in [5.74, 6) is 0.950. The SMILES string of the molecule is CC(=CCl)CN1CCNCC1C1CC1. The molecule has 0 aromatic heterocycles. The van der Waals surface area contributed by atoms with E-state index in [1.54, 1.807) is 5.54 Å². The zero-order valence-corrected chi connectivity index (χ0v) is 9.56. The van der Waals surface area contributed by atoms with Crippen molar-refractivity contribution in [3.05, 3.63) is 11.1 Å². The molecule has 2 aliphatic rings. The normalized spacial score (nSPS) is 30.7. The first-order valence-corrected chi connectivity index (χ1v) is 5.95. The van der Waals surface area contributed by atoms with Gasteiger partial charge in [-0.1, -0.05) is 11.6 Å². The van der Waals surface area contributed by atoms with Gasteiger partial charge < -0.3 is 5.32 Å². The number of halogens is 1. The lowest BCUT2D eigenvalue weighted by atomic mass is 10.1. The van der Waals surface area contributed by atoms with Crippen LogP contribution in [-0.4, -0.2) is 37.1 Å². The van der Waals surface area contributed by atoms with E-state index >= 15 is 0 Å². The molecule has 0 radical (unpaired) electrons. The highest BCUT2D eigenvalue weighted by Gasteiger charge is 2.36. The third-order valence-electron chi connectivity index (χ3n) is 3.20. The van der Waals surface area contributed by atoms with Gasteiger partial charge in [0.15, 0.2) is 0 Å². The monoisotopic (exact) mass is 214 g/mol. The molecule has 1 unspecified atom stereocenters. The van der Waals surface area contributed by atoms with Crippen molar-refractivity contribution in [2.75, 3.05) is 26.2 Å². The second kappa shape index (κ2) is 4.65. The van der Waals surface area contributed by atoms with Gasteiger partial charge in [-0.3, -0.25) is 4.90 Å². The average molecular weight is 215 g/mol. The van der Waals surface area contributed by atoms with Gasteiger partial charge in [-0.05, 0) is 31.3 Å². The van der Waals surface area contributed by atoms with Crippen LogP contribution in [0.5, 0.6) is 0 Å². The summed E-state index contributed by atoms with van der Waals surface area (Å²) >= 11 is 5.71. The summed E-state index contributed by atoms with van der Waals surface area (Å²) in [7, 11) is 0. The second-order valence-electron chi connectivity index (χ2n) is 4.53. The molecule has 14 heavy (non-hydrogen) atoms. The Bertz CT molecular complexity index is 223. The minimum atomic E-state index is 0.760. The zero-order chi connectivity index (χ0) is 9.97. The second-order valence-corrected chi connectivity index (χ2v) is 4.75. The lowest BCUT2D eigenvalue weighted by molar-refractivity contribution is 0.156. The predicted octanol–water partition coefficient (Wildman–Crippen LogP) is 1.81. The fraction of sp³-hybridized carbons (Fsp3) is 0.818. The Balaban J connectivity index is 1.92. The van der Waals surface area contributed by atoms with E-state index in [9.17, 15) is 0 Å². The molecule has 1 saturated heterocycles. The van der Waals surface area contributed by atoms with Crippen molar-refractivity contribution in [2.45, 2.75) is 25.8 Å². The molecule has 0 spiro atoms. The first-order valence-electron chi connectivity index (χ1n) is 5.52. The van der Waals surface area contributed by atoms with Crippen molar-refractivity contribution >= 4 is 11.6 Å². The van der Waals surface area contributed by atoms with E-state index in [0.717, 1.165) is 25.0 Å². The maximum Gasteiger partial charge on any atom is 0.0252 e. The van der Waals surface area contributed by atoms with Crippen LogP contribution in [0.4, 0.5) is 0 Å². The number of rotatable bonds is 3. The standard InChI is InChI=1S/C11H19ClN2/c1-9(6-12)8-14-5-4-13-7-11(14)10-2-3-10/h6,10-11,13H,2-5,7-8H2,1H3. The molecule has 1 N–H and O–H groups in total. The molecule has 2 nitrogen and oxygen atoms in total. The van der Waals surface area contributed by atoms with Gasteiger partial charge in [-0.2, -0.15) is 0 Å². The quantitative estimate of drug-likeness (QED) is 0.771. The van der Waals surface area contributed by atoms with Gasteiger partial charge in [-0.25, -0.2) is 0 Å². The van der Waals surface area contributed by atoms with Gasteiger partial charge in [0.25, 0.3) is 0 Å². The first-order chi connectivity index (χ1) is 6.81. The van der Waals surface area contributed by atoms with Gasteiger partial charge >= 0.3 is 0 Å². The van der Waals surface area contributed by atoms with Crippen molar-refractivity contribution in [3.8, 4) is 0 Å². The van der Waals surface area contributed by atoms with Gasteiger partial charge in [-0.15, -0.1) is 0 Å². The minimum absolute atomic E-state index is 0.760. The van der Waals surface area contributed by atoms with Crippen LogP contribution in [0.25, 0.3) is 0 Å². The van der Waals surface area contributed by atoms with Crippen LogP contribution in [0.1, 0.15) is 19.8 Å². The smallest absolute Gasteiger partial charge is 0.0252 e. The van der Waals surface area contributed by atoms with Crippen molar-refractivity contribution in [1.82, 2.24) is 10.2 Å². The highest BCUT2D eigenvalue weighted by molar-refractivity contribution is 6.25. The average Bonchev–Trinajstić information content (AvgIpc) is 3.02. The van der Waals surface area contributed by atoms with Crippen LogP contribution in [0, 0.1) is 5.92 Å². The van der Waals surface area contributed by atoms with Crippen molar-refractivity contribution in [2.24, 2.45) is 5.92 Å². The van der Waals surface area contributed by atoms with Crippen LogP contribution < -0.4 is 5.32 Å². The Morgan fingerprint density at radius 1 is 1.57 bits per heavy atom. The Labute approximate surface area is 91.3 Å². The number of piperazine rings is 1. The molecular formula is C11H19ClN2. The van der Waals surface area contributed by atoms with E-state index in [0.29, 0.717) is 0 Å². The van der Waals surface area contributed by atoms with Crippen LogP contribution >= 0.6 is 11.6 Å². The molecular weight excluding hydrogens is 196 g/mol. The van der Waals surface area contributed by atoms with E-state index < -0.39 is 0 Å². The van der Waals surface area contributed by atoms with E-state index in [2.05, 4.69) is 17.1 Å². The molecule has 1 aliphatic carbocycles. The van der Waals surface area contributed by atoms with Crippen LogP contribution in [0.3, 0.4) is 0 Å². The molecule has 0 aromatic rings. The Hall–Kier alpha value is -0.0500. The number of nitrogens with zero attached hydrogens (tertiary/aromatic N) is 1. The number of nitrogens with one attached hydrogen (secondary N) is 1. The third kappa shape index (κ3) is 2.50. The molecule has 0 amide bonds. The van der Waals surface area contributed by atoms with Crippen LogP contribution in [0.2, 0.25) is 0 Å². The Morgan fingerprint density at radius 2 is 2.36 bits per heavy atom. The molecule has 1 saturated carbocycles. The van der Waals surface area contributed by atoms with E-state index in [1.807, 2.05) is 0 Å². The Kier molecular flexibility index (Phi) is 3.47. The lowest BCUT2D eigenvalue weighted by Crippen LogP contribution is -2.52. The number of hydrogen-bond acceptors (Lipinski definition) is 2. The van der Waals surface area contributed by atoms with Gasteiger partial charge in [0.05, 0.1) is 0 Å². The highest BCUT2D eigenvalue weighted by Crippen LogP contribution is 2.35. The number of hydrogen-bond donors (Lipinski definition) is 1. The largest absolute Gasteiger partial charge is 0.314 e. The van der Waals surface area contributed by atoms with Crippen LogP contribution in [0.15, 0.2) is 11.1 Å². The predicted molar refractivity (Wildman–Crippen MR) is 60.6 cm³/mol. The van der Waals surface area contributed by atoms with E-state index in [4.69, 9.17) is 11.6 Å². The molecule has 80 valence electrons. The lowest BCUT2D eigenvalue weighted by Gasteiger charge is -2.36. The summed E-state index contributed by atoms with van der Waals surface area (Å²) in [5, 5.41) is 3.48. The topological polar surface area (TPSA) is 15.3 Å². The molecule has 1 heterocycles. The summed E-state index contributed by atoms with van der Waals surface area (Å²) in [5.41, 5.74) is 2.99. The summed E-state index contributed by atoms with van der Waals surface area (Å²) < 4.78 is 0. The maximum absolute atomic E-state index is 5.71. The highest BCUT2D eigenvalue weighted by atomic mass is 35.5. The third-order valence-corrected chi connectivity index (χ3v) is 3.58. The molecule has 2 fully saturated rings. The minimum Gasteiger partial charge on any atom is -0.314 e. The van der Waals surface area contributed by atoms with Gasteiger partial charge in [0.1, 0.15) is 0 Å². The molecule has 2 rings (SSSR count). The summed E-state index contributed by atoms with van der Waals surface area (Å²) in [4.78, 5) is 2.59. The first kappa shape index (κ1) is 10.5.